The van der Waals surface area contributed by atoms with Gasteiger partial charge >= 0.3 is 0 Å². The molecule has 2 N–H and O–H groups in total. The molecule has 0 atom stereocenters. The van der Waals surface area contributed by atoms with Gasteiger partial charge in [0, 0.05) is 11.3 Å². The van der Waals surface area contributed by atoms with Gasteiger partial charge in [-0.1, -0.05) is 6.92 Å². The van der Waals surface area contributed by atoms with E-state index >= 15 is 0 Å². The smallest absolute Gasteiger partial charge is 0.211 e. The highest BCUT2D eigenvalue weighted by atomic mass is 32.2. The lowest BCUT2D eigenvalue weighted by molar-refractivity contribution is 0.566. The van der Waals surface area contributed by atoms with Crippen LogP contribution in [-0.4, -0.2) is 44.8 Å². The molecular formula is C10H24N2O2S2. The molecule has 0 aromatic carbocycles. The Labute approximate surface area is 104 Å². The maximum atomic E-state index is 11.6. The first-order chi connectivity index (χ1) is 7.33. The molecule has 98 valence electrons. The van der Waals surface area contributed by atoms with Gasteiger partial charge in [-0.15, -0.1) is 0 Å². The van der Waals surface area contributed by atoms with E-state index in [2.05, 4.69) is 10.0 Å². The molecule has 0 aliphatic rings. The molecular weight excluding hydrogens is 244 g/mol. The van der Waals surface area contributed by atoms with Crippen LogP contribution in [0.3, 0.4) is 0 Å². The summed E-state index contributed by atoms with van der Waals surface area (Å²) >= 11 is 1.66. The molecule has 0 spiro atoms. The van der Waals surface area contributed by atoms with E-state index in [4.69, 9.17) is 0 Å². The zero-order chi connectivity index (χ0) is 12.7. The highest BCUT2D eigenvalue weighted by Crippen LogP contribution is 2.19. The molecule has 0 radical (unpaired) electrons. The van der Waals surface area contributed by atoms with Crippen LogP contribution in [0.25, 0.3) is 0 Å². The molecule has 4 nitrogen and oxygen atoms in total. The first kappa shape index (κ1) is 16.2. The van der Waals surface area contributed by atoms with Crippen LogP contribution in [0.4, 0.5) is 0 Å². The molecule has 0 bridgehead atoms. The van der Waals surface area contributed by atoms with Crippen LogP contribution in [0.5, 0.6) is 0 Å². The number of sulfonamides is 1. The summed E-state index contributed by atoms with van der Waals surface area (Å²) in [6, 6.07) is 0. The molecule has 0 aliphatic carbocycles. The van der Waals surface area contributed by atoms with Crippen LogP contribution < -0.4 is 10.0 Å². The maximum Gasteiger partial charge on any atom is 0.211 e. The van der Waals surface area contributed by atoms with Crippen LogP contribution in [0.15, 0.2) is 0 Å². The van der Waals surface area contributed by atoms with Crippen molar-refractivity contribution in [3.63, 3.8) is 0 Å². The van der Waals surface area contributed by atoms with Gasteiger partial charge in [-0.25, -0.2) is 13.1 Å². The van der Waals surface area contributed by atoms with Gasteiger partial charge in [0.15, 0.2) is 0 Å². The molecule has 6 heteroatoms. The van der Waals surface area contributed by atoms with Crippen molar-refractivity contribution in [1.82, 2.24) is 10.0 Å². The lowest BCUT2D eigenvalue weighted by Gasteiger charge is -2.22. The monoisotopic (exact) mass is 268 g/mol. The van der Waals surface area contributed by atoms with Gasteiger partial charge in [0.05, 0.1) is 5.75 Å². The van der Waals surface area contributed by atoms with Crippen molar-refractivity contribution < 1.29 is 8.42 Å². The van der Waals surface area contributed by atoms with Crippen molar-refractivity contribution >= 4 is 21.8 Å². The Hall–Kier alpha value is 0.220. The van der Waals surface area contributed by atoms with E-state index in [0.29, 0.717) is 13.0 Å². The van der Waals surface area contributed by atoms with Crippen molar-refractivity contribution in [2.45, 2.75) is 31.9 Å². The summed E-state index contributed by atoms with van der Waals surface area (Å²) in [6.07, 6.45) is 2.64. The lowest BCUT2D eigenvalue weighted by atomic mass is 10.2. The highest BCUT2D eigenvalue weighted by Gasteiger charge is 2.19. The average molecular weight is 268 g/mol. The van der Waals surface area contributed by atoms with E-state index in [-0.39, 0.29) is 10.5 Å². The number of rotatable bonds is 9. The van der Waals surface area contributed by atoms with E-state index in [9.17, 15) is 8.42 Å². The first-order valence-electron chi connectivity index (χ1n) is 5.56. The molecule has 0 saturated carbocycles. The van der Waals surface area contributed by atoms with Crippen LogP contribution in [-0.2, 0) is 10.0 Å². The number of thioether (sulfide) groups is 1. The molecule has 16 heavy (non-hydrogen) atoms. The van der Waals surface area contributed by atoms with Crippen LogP contribution >= 0.6 is 11.8 Å². The van der Waals surface area contributed by atoms with Crippen molar-refractivity contribution in [3.8, 4) is 0 Å². The molecule has 0 saturated heterocycles. The predicted molar refractivity (Wildman–Crippen MR) is 72.5 cm³/mol. The molecule has 0 fully saturated rings. The zero-order valence-corrected chi connectivity index (χ0v) is 12.3. The van der Waals surface area contributed by atoms with Gasteiger partial charge in [-0.2, -0.15) is 11.8 Å². The highest BCUT2D eigenvalue weighted by molar-refractivity contribution is 8.00. The SMILES string of the molecule is CCNCCCS(=O)(=O)NCC(C)(C)SC. The van der Waals surface area contributed by atoms with Crippen LogP contribution in [0.2, 0.25) is 0 Å². The third-order valence-corrected chi connectivity index (χ3v) is 4.95. The van der Waals surface area contributed by atoms with Gasteiger partial charge < -0.3 is 5.32 Å². The summed E-state index contributed by atoms with van der Waals surface area (Å²) in [5.41, 5.74) is 0. The van der Waals surface area contributed by atoms with E-state index in [1.807, 2.05) is 27.0 Å². The topological polar surface area (TPSA) is 58.2 Å². The van der Waals surface area contributed by atoms with Crippen molar-refractivity contribution in [2.75, 3.05) is 31.6 Å². The van der Waals surface area contributed by atoms with Gasteiger partial charge in [0.25, 0.3) is 0 Å². The maximum absolute atomic E-state index is 11.6. The Morgan fingerprint density at radius 1 is 1.31 bits per heavy atom. The third-order valence-electron chi connectivity index (χ3n) is 2.29. The fraction of sp³-hybridized carbons (Fsp3) is 1.00. The number of nitrogens with one attached hydrogen (secondary N) is 2. The second-order valence-electron chi connectivity index (χ2n) is 4.31. The van der Waals surface area contributed by atoms with Crippen molar-refractivity contribution in [3.05, 3.63) is 0 Å². The minimum atomic E-state index is -3.11. The minimum absolute atomic E-state index is 0.0469. The Kier molecular flexibility index (Phi) is 7.63. The molecule has 0 aromatic rings. The van der Waals surface area contributed by atoms with Crippen LogP contribution in [0.1, 0.15) is 27.2 Å². The summed E-state index contributed by atoms with van der Waals surface area (Å²) in [5, 5.41) is 3.11. The van der Waals surface area contributed by atoms with Gasteiger partial charge in [0.2, 0.25) is 10.0 Å². The Balaban J connectivity index is 3.88. The summed E-state index contributed by atoms with van der Waals surface area (Å²) in [5.74, 6) is 0.199. The first-order valence-corrected chi connectivity index (χ1v) is 8.44. The summed E-state index contributed by atoms with van der Waals surface area (Å²) in [4.78, 5) is 0. The van der Waals surface area contributed by atoms with Crippen LogP contribution in [0, 0.1) is 0 Å². The molecule has 0 aromatic heterocycles. The zero-order valence-electron chi connectivity index (χ0n) is 10.7. The Morgan fingerprint density at radius 3 is 2.44 bits per heavy atom. The average Bonchev–Trinajstić information content (AvgIpc) is 2.22. The third kappa shape index (κ3) is 8.38. The second kappa shape index (κ2) is 7.53. The lowest BCUT2D eigenvalue weighted by Crippen LogP contribution is -2.37. The summed E-state index contributed by atoms with van der Waals surface area (Å²) in [7, 11) is -3.11. The van der Waals surface area contributed by atoms with E-state index in [0.717, 1.165) is 13.1 Å². The Bertz CT molecular complexity index is 277. The number of hydrogen-bond acceptors (Lipinski definition) is 4. The molecule has 0 unspecified atom stereocenters. The fourth-order valence-electron chi connectivity index (χ4n) is 0.992. The Morgan fingerprint density at radius 2 is 1.94 bits per heavy atom. The van der Waals surface area contributed by atoms with Gasteiger partial charge in [-0.05, 0) is 39.6 Å². The molecule has 0 rings (SSSR count). The molecule has 0 amide bonds. The minimum Gasteiger partial charge on any atom is -0.317 e. The summed E-state index contributed by atoms with van der Waals surface area (Å²) < 4.78 is 25.8. The van der Waals surface area contributed by atoms with E-state index in [1.165, 1.54) is 0 Å². The molecule has 0 aliphatic heterocycles. The van der Waals surface area contributed by atoms with Gasteiger partial charge in [0.1, 0.15) is 0 Å². The second-order valence-corrected chi connectivity index (χ2v) is 7.75. The van der Waals surface area contributed by atoms with E-state index in [1.54, 1.807) is 11.8 Å². The van der Waals surface area contributed by atoms with Crippen molar-refractivity contribution in [1.29, 1.82) is 0 Å². The quantitative estimate of drug-likeness (QED) is 0.614. The van der Waals surface area contributed by atoms with E-state index < -0.39 is 10.0 Å². The standard InChI is InChI=1S/C10H24N2O2S2/c1-5-11-7-6-8-16(13,14)12-9-10(2,3)15-4/h11-12H,5-9H2,1-4H3. The summed E-state index contributed by atoms with van der Waals surface area (Å²) in [6.45, 7) is 8.18. The van der Waals surface area contributed by atoms with Crippen molar-refractivity contribution in [2.24, 2.45) is 0 Å². The molecule has 0 heterocycles. The normalized spacial score (nSPS) is 13.0. The van der Waals surface area contributed by atoms with Gasteiger partial charge in [-0.3, -0.25) is 0 Å². The largest absolute Gasteiger partial charge is 0.317 e. The number of hydrogen-bond donors (Lipinski definition) is 2. The fourth-order valence-corrected chi connectivity index (χ4v) is 2.55. The predicted octanol–water partition coefficient (Wildman–Crippen LogP) is 1.05.